The summed E-state index contributed by atoms with van der Waals surface area (Å²) in [7, 11) is -0.0518. The Balaban J connectivity index is 2.63. The third-order valence-corrected chi connectivity index (χ3v) is 4.76. The zero-order valence-corrected chi connectivity index (χ0v) is 12.2. The Morgan fingerprint density at radius 3 is 2.00 bits per heavy atom. The van der Waals surface area contributed by atoms with E-state index >= 15 is 0 Å². The molecule has 4 N–H and O–H groups in total. The maximum Gasteiger partial charge on any atom is 0.208 e. The van der Waals surface area contributed by atoms with E-state index in [0.717, 1.165) is 0 Å². The molecule has 2 aromatic carbocycles. The van der Waals surface area contributed by atoms with Gasteiger partial charge in [0, 0.05) is 25.5 Å². The highest BCUT2D eigenvalue weighted by Crippen LogP contribution is 2.31. The predicted molar refractivity (Wildman–Crippen MR) is 81.5 cm³/mol. The van der Waals surface area contributed by atoms with Crippen molar-refractivity contribution < 1.29 is 8.42 Å². The second-order valence-corrected chi connectivity index (χ2v) is 6.61. The zero-order valence-electron chi connectivity index (χ0n) is 11.4. The van der Waals surface area contributed by atoms with Crippen molar-refractivity contribution in [2.24, 2.45) is 0 Å². The number of hydrogen-bond donors (Lipinski definition) is 2. The van der Waals surface area contributed by atoms with Crippen LogP contribution in [0.5, 0.6) is 0 Å². The Bertz CT molecular complexity index is 723. The minimum Gasteiger partial charge on any atom is -0.399 e. The molecule has 2 aromatic rings. The van der Waals surface area contributed by atoms with Crippen LogP contribution >= 0.6 is 0 Å². The lowest BCUT2D eigenvalue weighted by Crippen LogP contribution is -2.14. The smallest absolute Gasteiger partial charge is 0.208 e. The lowest BCUT2D eigenvalue weighted by atomic mass is 10.2. The van der Waals surface area contributed by atoms with Crippen molar-refractivity contribution in [3.05, 3.63) is 42.5 Å². The van der Waals surface area contributed by atoms with Gasteiger partial charge >= 0.3 is 0 Å². The molecule has 0 aromatic heterocycles. The van der Waals surface area contributed by atoms with E-state index in [9.17, 15) is 8.42 Å². The molecule has 2 rings (SSSR count). The molecule has 0 aliphatic rings. The molecule has 5 nitrogen and oxygen atoms in total. The number of nitrogen functional groups attached to an aromatic ring is 2. The molecule has 0 saturated heterocycles. The van der Waals surface area contributed by atoms with Crippen LogP contribution in [0.4, 0.5) is 17.1 Å². The molecule has 0 radical (unpaired) electrons. The van der Waals surface area contributed by atoms with Gasteiger partial charge in [0.05, 0.1) is 15.5 Å². The van der Waals surface area contributed by atoms with Crippen LogP contribution in [-0.4, -0.2) is 22.5 Å². The van der Waals surface area contributed by atoms with E-state index in [1.807, 2.05) is 0 Å². The molecule has 0 saturated carbocycles. The van der Waals surface area contributed by atoms with Gasteiger partial charge in [-0.25, -0.2) is 8.42 Å². The highest BCUT2D eigenvalue weighted by atomic mass is 32.2. The Labute approximate surface area is 118 Å². The van der Waals surface area contributed by atoms with Crippen LogP contribution in [0.15, 0.2) is 52.3 Å². The summed E-state index contributed by atoms with van der Waals surface area (Å²) in [4.78, 5) is 2.15. The highest BCUT2D eigenvalue weighted by Gasteiger charge is 2.22. The topological polar surface area (TPSA) is 89.4 Å². The van der Waals surface area contributed by atoms with Crippen LogP contribution in [0.25, 0.3) is 0 Å². The third kappa shape index (κ3) is 2.55. The lowest BCUT2D eigenvalue weighted by Gasteiger charge is -2.18. The molecule has 0 atom stereocenters. The molecule has 0 aliphatic heterocycles. The van der Waals surface area contributed by atoms with Gasteiger partial charge in [0.15, 0.2) is 0 Å². The monoisotopic (exact) mass is 291 g/mol. The first kappa shape index (κ1) is 14.2. The summed E-state index contributed by atoms with van der Waals surface area (Å²) in [6, 6.07) is 10.9. The van der Waals surface area contributed by atoms with Gasteiger partial charge in [-0.15, -0.1) is 0 Å². The maximum atomic E-state index is 12.7. The molecule has 0 bridgehead atoms. The first-order valence-corrected chi connectivity index (χ1v) is 7.48. The van der Waals surface area contributed by atoms with E-state index < -0.39 is 9.84 Å². The largest absolute Gasteiger partial charge is 0.399 e. The van der Waals surface area contributed by atoms with Gasteiger partial charge in [-0.1, -0.05) is 0 Å². The molecule has 106 valence electrons. The van der Waals surface area contributed by atoms with Crippen molar-refractivity contribution >= 4 is 26.9 Å². The minimum absolute atomic E-state index is 0.208. The fraction of sp³-hybridized carbons (Fsp3) is 0.143. The Kier molecular flexibility index (Phi) is 3.59. The van der Waals surface area contributed by atoms with Gasteiger partial charge in [-0.05, 0) is 42.5 Å². The van der Waals surface area contributed by atoms with Crippen molar-refractivity contribution in [2.75, 3.05) is 30.5 Å². The predicted octanol–water partition coefficient (Wildman–Crippen LogP) is 1.75. The Morgan fingerprint density at radius 1 is 0.900 bits per heavy atom. The van der Waals surface area contributed by atoms with Crippen LogP contribution in [-0.2, 0) is 9.84 Å². The molecule has 0 unspecified atom stereocenters. The number of benzene rings is 2. The molecule has 0 heterocycles. The molecule has 0 spiro atoms. The normalized spacial score (nSPS) is 11.3. The molecule has 0 aliphatic carbocycles. The molecule has 0 amide bonds. The van der Waals surface area contributed by atoms with E-state index in [2.05, 4.69) is 0 Å². The molecule has 0 fully saturated rings. The van der Waals surface area contributed by atoms with Gasteiger partial charge in [-0.2, -0.15) is 0 Å². The van der Waals surface area contributed by atoms with Crippen molar-refractivity contribution in [3.63, 3.8) is 0 Å². The van der Waals surface area contributed by atoms with E-state index in [1.54, 1.807) is 43.3 Å². The Morgan fingerprint density at radius 2 is 1.45 bits per heavy atom. The molecular formula is C14H17N3O2S. The van der Waals surface area contributed by atoms with Crippen molar-refractivity contribution in [3.8, 4) is 0 Å². The quantitative estimate of drug-likeness (QED) is 0.841. The van der Waals surface area contributed by atoms with Gasteiger partial charge in [0.1, 0.15) is 0 Å². The van der Waals surface area contributed by atoms with Crippen molar-refractivity contribution in [1.82, 2.24) is 0 Å². The minimum atomic E-state index is -3.60. The molecule has 20 heavy (non-hydrogen) atoms. The number of rotatable bonds is 3. The summed E-state index contributed by atoms with van der Waals surface area (Å²) in [5.74, 6) is 0. The van der Waals surface area contributed by atoms with E-state index in [0.29, 0.717) is 17.1 Å². The van der Waals surface area contributed by atoms with Gasteiger partial charge in [-0.3, -0.25) is 0 Å². The summed E-state index contributed by atoms with van der Waals surface area (Å²) >= 11 is 0. The average molecular weight is 291 g/mol. The first-order valence-electron chi connectivity index (χ1n) is 6.00. The lowest BCUT2D eigenvalue weighted by molar-refractivity contribution is 0.596. The van der Waals surface area contributed by atoms with E-state index in [1.165, 1.54) is 18.2 Å². The fourth-order valence-corrected chi connectivity index (χ4v) is 3.40. The van der Waals surface area contributed by atoms with Crippen LogP contribution in [0, 0.1) is 0 Å². The SMILES string of the molecule is CN(C)c1cc(N)ccc1S(=O)(=O)c1ccc(N)cc1. The number of hydrogen-bond acceptors (Lipinski definition) is 5. The van der Waals surface area contributed by atoms with Crippen LogP contribution < -0.4 is 16.4 Å². The second-order valence-electron chi connectivity index (χ2n) is 4.69. The molecular weight excluding hydrogens is 274 g/mol. The van der Waals surface area contributed by atoms with Gasteiger partial charge in [0.2, 0.25) is 9.84 Å². The Hall–Kier alpha value is -2.21. The van der Waals surface area contributed by atoms with Crippen molar-refractivity contribution in [2.45, 2.75) is 9.79 Å². The van der Waals surface area contributed by atoms with Gasteiger partial charge < -0.3 is 16.4 Å². The van der Waals surface area contributed by atoms with Crippen LogP contribution in [0.1, 0.15) is 0 Å². The summed E-state index contributed by atoms with van der Waals surface area (Å²) in [5.41, 5.74) is 12.9. The highest BCUT2D eigenvalue weighted by molar-refractivity contribution is 7.91. The fourth-order valence-electron chi connectivity index (χ4n) is 1.89. The number of nitrogens with zero attached hydrogens (tertiary/aromatic N) is 1. The van der Waals surface area contributed by atoms with E-state index in [4.69, 9.17) is 11.5 Å². The van der Waals surface area contributed by atoms with Gasteiger partial charge in [0.25, 0.3) is 0 Å². The summed E-state index contributed by atoms with van der Waals surface area (Å²) in [6.07, 6.45) is 0. The number of anilines is 3. The van der Waals surface area contributed by atoms with Crippen LogP contribution in [0.2, 0.25) is 0 Å². The van der Waals surface area contributed by atoms with Crippen LogP contribution in [0.3, 0.4) is 0 Å². The van der Waals surface area contributed by atoms with Crippen molar-refractivity contribution in [1.29, 1.82) is 0 Å². The first-order chi connectivity index (χ1) is 9.32. The standard InChI is InChI=1S/C14H17N3O2S/c1-17(2)13-9-11(16)5-8-14(13)20(18,19)12-6-3-10(15)4-7-12/h3-9H,15-16H2,1-2H3. The van der Waals surface area contributed by atoms with E-state index in [-0.39, 0.29) is 9.79 Å². The number of nitrogens with two attached hydrogens (primary N) is 2. The summed E-state index contributed by atoms with van der Waals surface area (Å²) in [6.45, 7) is 0. The summed E-state index contributed by atoms with van der Waals surface area (Å²) < 4.78 is 25.3. The summed E-state index contributed by atoms with van der Waals surface area (Å²) in [5, 5.41) is 0. The molecule has 6 heteroatoms. The average Bonchev–Trinajstić information content (AvgIpc) is 2.38. The second kappa shape index (κ2) is 5.05. The maximum absolute atomic E-state index is 12.7. The number of sulfone groups is 1. The third-order valence-electron chi connectivity index (χ3n) is 2.94. The zero-order chi connectivity index (χ0) is 14.9.